The van der Waals surface area contributed by atoms with Gasteiger partial charge in [0, 0.05) is 24.7 Å². The minimum Gasteiger partial charge on any atom is -0.357 e. The molecule has 7 nitrogen and oxygen atoms in total. The Morgan fingerprint density at radius 2 is 2.00 bits per heavy atom. The topological polar surface area (TPSA) is 96.9 Å². The fourth-order valence-corrected chi connectivity index (χ4v) is 2.68. The van der Waals surface area contributed by atoms with Crippen molar-refractivity contribution in [1.29, 1.82) is 0 Å². The van der Waals surface area contributed by atoms with Crippen LogP contribution in [0.1, 0.15) is 4.88 Å². The van der Waals surface area contributed by atoms with Crippen LogP contribution in [-0.2, 0) is 16.6 Å². The third-order valence-electron chi connectivity index (χ3n) is 2.08. The molecule has 0 fully saturated rings. The minimum absolute atomic E-state index is 0.0333. The molecule has 2 rings (SSSR count). The molecule has 96 valence electrons. The van der Waals surface area contributed by atoms with Crippen LogP contribution in [0.2, 0.25) is 0 Å². The number of nitrogens with zero attached hydrogens (tertiary/aromatic N) is 3. The molecule has 2 aromatic rings. The van der Waals surface area contributed by atoms with E-state index in [2.05, 4.69) is 25.0 Å². The summed E-state index contributed by atoms with van der Waals surface area (Å²) >= 11 is 1.39. The molecular formula is C9H11N5O2S2. The lowest BCUT2D eigenvalue weighted by Crippen LogP contribution is -2.23. The minimum atomic E-state index is -3.59. The van der Waals surface area contributed by atoms with Crippen molar-refractivity contribution in [3.63, 3.8) is 0 Å². The molecule has 9 heteroatoms. The lowest BCUT2D eigenvalue weighted by molar-refractivity contribution is 0.581. The van der Waals surface area contributed by atoms with E-state index in [1.807, 2.05) is 0 Å². The lowest BCUT2D eigenvalue weighted by Gasteiger charge is -2.05. The normalized spacial score (nSPS) is 11.4. The van der Waals surface area contributed by atoms with Crippen molar-refractivity contribution in [2.75, 3.05) is 12.4 Å². The van der Waals surface area contributed by atoms with Gasteiger partial charge in [-0.2, -0.15) is 0 Å². The van der Waals surface area contributed by atoms with Gasteiger partial charge in [0.1, 0.15) is 4.90 Å². The highest BCUT2D eigenvalue weighted by Crippen LogP contribution is 2.10. The molecule has 0 spiro atoms. The average Bonchev–Trinajstić information content (AvgIpc) is 2.90. The number of thiazole rings is 1. The fourth-order valence-electron chi connectivity index (χ4n) is 1.16. The van der Waals surface area contributed by atoms with Crippen molar-refractivity contribution in [1.82, 2.24) is 19.7 Å². The van der Waals surface area contributed by atoms with E-state index in [0.29, 0.717) is 5.95 Å². The van der Waals surface area contributed by atoms with Gasteiger partial charge in [0.25, 0.3) is 0 Å². The number of hydrogen-bond acceptors (Lipinski definition) is 7. The molecule has 2 aromatic heterocycles. The van der Waals surface area contributed by atoms with Crippen molar-refractivity contribution in [2.45, 2.75) is 11.4 Å². The van der Waals surface area contributed by atoms with Gasteiger partial charge >= 0.3 is 0 Å². The number of rotatable bonds is 5. The first-order valence-corrected chi connectivity index (χ1v) is 7.35. The third kappa shape index (κ3) is 3.00. The Morgan fingerprint density at radius 3 is 2.56 bits per heavy atom. The number of hydrogen-bond donors (Lipinski definition) is 2. The Kier molecular flexibility index (Phi) is 3.84. The second-order valence-corrected chi connectivity index (χ2v) is 6.02. The molecule has 0 aliphatic heterocycles. The van der Waals surface area contributed by atoms with Crippen LogP contribution in [0, 0.1) is 0 Å². The molecule has 18 heavy (non-hydrogen) atoms. The van der Waals surface area contributed by atoms with E-state index >= 15 is 0 Å². The van der Waals surface area contributed by atoms with Crippen LogP contribution in [0.25, 0.3) is 0 Å². The summed E-state index contributed by atoms with van der Waals surface area (Å²) < 4.78 is 26.3. The standard InChI is InChI=1S/C9H11N5O2S2/c1-10-9-12-4-8(5-13-9)18(15,16)14-3-7-2-11-6-17-7/h2,4-6,14H,3H2,1H3,(H,10,12,13). The molecule has 0 amide bonds. The largest absolute Gasteiger partial charge is 0.357 e. The van der Waals surface area contributed by atoms with Crippen LogP contribution < -0.4 is 10.0 Å². The quantitative estimate of drug-likeness (QED) is 0.828. The maximum Gasteiger partial charge on any atom is 0.243 e. The Labute approximate surface area is 108 Å². The Hall–Kier alpha value is -1.58. The maximum atomic E-state index is 11.9. The van der Waals surface area contributed by atoms with Crippen molar-refractivity contribution in [3.05, 3.63) is 29.0 Å². The number of aromatic nitrogens is 3. The van der Waals surface area contributed by atoms with E-state index in [9.17, 15) is 8.42 Å². The van der Waals surface area contributed by atoms with E-state index < -0.39 is 10.0 Å². The van der Waals surface area contributed by atoms with Crippen molar-refractivity contribution in [3.8, 4) is 0 Å². The first-order chi connectivity index (χ1) is 8.62. The van der Waals surface area contributed by atoms with Gasteiger partial charge in [0.05, 0.1) is 17.9 Å². The van der Waals surface area contributed by atoms with E-state index in [4.69, 9.17) is 0 Å². The van der Waals surface area contributed by atoms with Crippen LogP contribution in [0.15, 0.2) is 29.0 Å². The second kappa shape index (κ2) is 5.38. The Morgan fingerprint density at radius 1 is 1.28 bits per heavy atom. The summed E-state index contributed by atoms with van der Waals surface area (Å²) in [7, 11) is -1.93. The maximum absolute atomic E-state index is 11.9. The van der Waals surface area contributed by atoms with E-state index in [-0.39, 0.29) is 11.4 Å². The number of nitrogens with one attached hydrogen (secondary N) is 2. The SMILES string of the molecule is CNc1ncc(S(=O)(=O)NCc2cncs2)cn1. The molecule has 0 atom stereocenters. The molecule has 2 N–H and O–H groups in total. The third-order valence-corrected chi connectivity index (χ3v) is 4.22. The predicted molar refractivity (Wildman–Crippen MR) is 67.7 cm³/mol. The summed E-state index contributed by atoms with van der Waals surface area (Å²) in [6.45, 7) is 0.209. The number of anilines is 1. The van der Waals surface area contributed by atoms with Gasteiger partial charge in [-0.1, -0.05) is 0 Å². The van der Waals surface area contributed by atoms with Gasteiger partial charge in [-0.05, 0) is 0 Å². The predicted octanol–water partition coefficient (Wildman–Crippen LogP) is 0.453. The van der Waals surface area contributed by atoms with Crippen LogP contribution in [0.3, 0.4) is 0 Å². The first-order valence-electron chi connectivity index (χ1n) is 4.98. The van der Waals surface area contributed by atoms with Crippen LogP contribution in [-0.4, -0.2) is 30.4 Å². The average molecular weight is 285 g/mol. The summed E-state index contributed by atoms with van der Waals surface area (Å²) in [5.41, 5.74) is 1.65. The molecular weight excluding hydrogens is 274 g/mol. The summed E-state index contributed by atoms with van der Waals surface area (Å²) in [5, 5.41) is 2.72. The Balaban J connectivity index is 2.09. The zero-order valence-corrected chi connectivity index (χ0v) is 11.1. The van der Waals surface area contributed by atoms with E-state index in [1.54, 1.807) is 18.8 Å². The van der Waals surface area contributed by atoms with Crippen LogP contribution >= 0.6 is 11.3 Å². The zero-order valence-electron chi connectivity index (χ0n) is 9.49. The monoisotopic (exact) mass is 285 g/mol. The molecule has 0 aromatic carbocycles. The molecule has 0 aliphatic rings. The van der Waals surface area contributed by atoms with Gasteiger partial charge in [0.15, 0.2) is 0 Å². The lowest BCUT2D eigenvalue weighted by atomic mass is 10.6. The Bertz CT molecular complexity index is 594. The van der Waals surface area contributed by atoms with Crippen molar-refractivity contribution < 1.29 is 8.42 Å². The summed E-state index contributed by atoms with van der Waals surface area (Å²) in [6, 6.07) is 0. The first kappa shape index (κ1) is 12.9. The van der Waals surface area contributed by atoms with Crippen molar-refractivity contribution in [2.24, 2.45) is 0 Å². The van der Waals surface area contributed by atoms with Gasteiger partial charge < -0.3 is 5.32 Å². The smallest absolute Gasteiger partial charge is 0.243 e. The summed E-state index contributed by atoms with van der Waals surface area (Å²) in [6.07, 6.45) is 4.13. The van der Waals surface area contributed by atoms with Gasteiger partial charge in [0.2, 0.25) is 16.0 Å². The molecule has 0 saturated carbocycles. The molecule has 2 heterocycles. The molecule has 0 saturated heterocycles. The zero-order chi connectivity index (χ0) is 13.0. The number of sulfonamides is 1. The summed E-state index contributed by atoms with van der Waals surface area (Å²) in [4.78, 5) is 12.5. The van der Waals surface area contributed by atoms with Gasteiger partial charge in [-0.25, -0.2) is 23.1 Å². The fraction of sp³-hybridized carbons (Fsp3) is 0.222. The van der Waals surface area contributed by atoms with Gasteiger partial charge in [-0.3, -0.25) is 4.98 Å². The highest BCUT2D eigenvalue weighted by molar-refractivity contribution is 7.89. The van der Waals surface area contributed by atoms with Crippen LogP contribution in [0.5, 0.6) is 0 Å². The highest BCUT2D eigenvalue weighted by atomic mass is 32.2. The molecule has 0 radical (unpaired) electrons. The van der Waals surface area contributed by atoms with Gasteiger partial charge in [-0.15, -0.1) is 11.3 Å². The molecule has 0 bridgehead atoms. The molecule has 0 aliphatic carbocycles. The van der Waals surface area contributed by atoms with E-state index in [1.165, 1.54) is 23.7 Å². The molecule has 0 unspecified atom stereocenters. The van der Waals surface area contributed by atoms with Crippen LogP contribution in [0.4, 0.5) is 5.95 Å². The summed E-state index contributed by atoms with van der Waals surface area (Å²) in [5.74, 6) is 0.372. The highest BCUT2D eigenvalue weighted by Gasteiger charge is 2.15. The second-order valence-electron chi connectivity index (χ2n) is 3.28. The van der Waals surface area contributed by atoms with E-state index in [0.717, 1.165) is 4.88 Å². The van der Waals surface area contributed by atoms with Crippen molar-refractivity contribution >= 4 is 27.3 Å².